The van der Waals surface area contributed by atoms with Gasteiger partial charge in [-0.05, 0) is 69.0 Å². The minimum atomic E-state index is -0.334. The molecule has 0 bridgehead atoms. The summed E-state index contributed by atoms with van der Waals surface area (Å²) in [6.07, 6.45) is 4.16. The average Bonchev–Trinajstić information content (AvgIpc) is 2.82. The number of carbonyl (C=O) groups is 1. The Morgan fingerprint density at radius 1 is 1.19 bits per heavy atom. The van der Waals surface area contributed by atoms with Crippen molar-refractivity contribution in [1.29, 1.82) is 0 Å². The number of aromatic nitrogens is 1. The normalized spacial score (nSPS) is 21.3. The standard InChI is InChI=1S/C25H34FN5O/c1-19-8-9-22(26)16-23(19)28-25(32)20(2)31-11-5-6-21(18-31)17-29-12-14-30(15-13-29)24-7-3-4-10-27-24/h3-4,7-10,16,20-21H,5-6,11-15,17-18H2,1-2H3,(H,28,32). The number of piperazine rings is 1. The van der Waals surface area contributed by atoms with Gasteiger partial charge in [0.05, 0.1) is 6.04 Å². The van der Waals surface area contributed by atoms with Crippen LogP contribution in [-0.4, -0.2) is 72.5 Å². The first kappa shape index (κ1) is 22.7. The van der Waals surface area contributed by atoms with Crippen LogP contribution in [0.5, 0.6) is 0 Å². The number of likely N-dealkylation sites (tertiary alicyclic amines) is 1. The topological polar surface area (TPSA) is 51.7 Å². The third-order valence-corrected chi connectivity index (χ3v) is 6.80. The molecule has 2 unspecified atom stereocenters. The summed E-state index contributed by atoms with van der Waals surface area (Å²) in [6.45, 7) is 10.9. The van der Waals surface area contributed by atoms with Crippen LogP contribution in [0.1, 0.15) is 25.3 Å². The molecule has 2 atom stereocenters. The van der Waals surface area contributed by atoms with Gasteiger partial charge in [0.15, 0.2) is 0 Å². The van der Waals surface area contributed by atoms with E-state index in [9.17, 15) is 9.18 Å². The maximum Gasteiger partial charge on any atom is 0.241 e. The van der Waals surface area contributed by atoms with E-state index in [1.807, 2.05) is 32.2 Å². The lowest BCUT2D eigenvalue weighted by atomic mass is 9.95. The number of nitrogens with zero attached hydrogens (tertiary/aromatic N) is 4. The molecule has 3 heterocycles. The van der Waals surface area contributed by atoms with Gasteiger partial charge in [0, 0.05) is 51.2 Å². The van der Waals surface area contributed by atoms with Crippen molar-refractivity contribution < 1.29 is 9.18 Å². The third kappa shape index (κ3) is 5.64. The number of amides is 1. The summed E-state index contributed by atoms with van der Waals surface area (Å²) >= 11 is 0. The number of hydrogen-bond donors (Lipinski definition) is 1. The second-order valence-electron chi connectivity index (χ2n) is 9.10. The van der Waals surface area contributed by atoms with Crippen molar-refractivity contribution in [3.05, 3.63) is 54.0 Å². The van der Waals surface area contributed by atoms with Gasteiger partial charge < -0.3 is 10.2 Å². The SMILES string of the molecule is Cc1ccc(F)cc1NC(=O)C(C)N1CCCC(CN2CCN(c3ccccn3)CC2)C1. The van der Waals surface area contributed by atoms with Crippen LogP contribution in [-0.2, 0) is 4.79 Å². The van der Waals surface area contributed by atoms with Gasteiger partial charge in [0.25, 0.3) is 0 Å². The highest BCUT2D eigenvalue weighted by molar-refractivity contribution is 5.95. The number of hydrogen-bond acceptors (Lipinski definition) is 5. The highest BCUT2D eigenvalue weighted by Crippen LogP contribution is 2.22. The summed E-state index contributed by atoms with van der Waals surface area (Å²) in [5.74, 6) is 1.23. The fourth-order valence-corrected chi connectivity index (χ4v) is 4.80. The van der Waals surface area contributed by atoms with Crippen LogP contribution in [0.15, 0.2) is 42.6 Å². The van der Waals surface area contributed by atoms with E-state index in [0.29, 0.717) is 11.6 Å². The molecule has 0 aliphatic carbocycles. The van der Waals surface area contributed by atoms with Crippen LogP contribution >= 0.6 is 0 Å². The van der Waals surface area contributed by atoms with Crippen molar-refractivity contribution in [3.8, 4) is 0 Å². The molecule has 0 saturated carbocycles. The molecule has 2 aliphatic rings. The average molecular weight is 440 g/mol. The molecule has 0 spiro atoms. The lowest BCUT2D eigenvalue weighted by Gasteiger charge is -2.40. The zero-order chi connectivity index (χ0) is 22.5. The van der Waals surface area contributed by atoms with Crippen molar-refractivity contribution in [1.82, 2.24) is 14.8 Å². The van der Waals surface area contributed by atoms with E-state index < -0.39 is 0 Å². The maximum absolute atomic E-state index is 13.6. The van der Waals surface area contributed by atoms with Gasteiger partial charge in [-0.3, -0.25) is 14.6 Å². The van der Waals surface area contributed by atoms with Gasteiger partial charge in [-0.1, -0.05) is 12.1 Å². The summed E-state index contributed by atoms with van der Waals surface area (Å²) in [5, 5.41) is 2.92. The molecule has 1 aromatic heterocycles. The Bertz CT molecular complexity index is 900. The number of halogens is 1. The molecule has 2 fully saturated rings. The van der Waals surface area contributed by atoms with Crippen LogP contribution in [0.2, 0.25) is 0 Å². The lowest BCUT2D eigenvalue weighted by Crippen LogP contribution is -2.52. The molecule has 2 saturated heterocycles. The van der Waals surface area contributed by atoms with Gasteiger partial charge in [0.1, 0.15) is 11.6 Å². The molecule has 4 rings (SSSR count). The first-order chi connectivity index (χ1) is 15.5. The van der Waals surface area contributed by atoms with E-state index in [-0.39, 0.29) is 17.8 Å². The minimum Gasteiger partial charge on any atom is -0.354 e. The summed E-state index contributed by atoms with van der Waals surface area (Å²) in [6, 6.07) is 10.3. The van der Waals surface area contributed by atoms with Crippen molar-refractivity contribution in [2.24, 2.45) is 5.92 Å². The molecule has 1 aromatic carbocycles. The van der Waals surface area contributed by atoms with E-state index in [2.05, 4.69) is 31.1 Å². The number of benzene rings is 1. The summed E-state index contributed by atoms with van der Waals surface area (Å²) in [7, 11) is 0. The zero-order valence-electron chi connectivity index (χ0n) is 19.1. The number of pyridine rings is 1. The van der Waals surface area contributed by atoms with Crippen molar-refractivity contribution in [2.45, 2.75) is 32.7 Å². The van der Waals surface area contributed by atoms with Gasteiger partial charge >= 0.3 is 0 Å². The summed E-state index contributed by atoms with van der Waals surface area (Å²) in [4.78, 5) is 24.5. The van der Waals surface area contributed by atoms with Crippen LogP contribution in [0.4, 0.5) is 15.9 Å². The van der Waals surface area contributed by atoms with Crippen molar-refractivity contribution in [2.75, 3.05) is 56.0 Å². The quantitative estimate of drug-likeness (QED) is 0.748. The zero-order valence-corrected chi connectivity index (χ0v) is 19.1. The Morgan fingerprint density at radius 3 is 2.75 bits per heavy atom. The molecule has 2 aromatic rings. The minimum absolute atomic E-state index is 0.0664. The third-order valence-electron chi connectivity index (χ3n) is 6.80. The highest BCUT2D eigenvalue weighted by atomic mass is 19.1. The number of aryl methyl sites for hydroxylation is 1. The Hall–Kier alpha value is -2.51. The van der Waals surface area contributed by atoms with Crippen LogP contribution in [0.3, 0.4) is 0 Å². The molecule has 2 aliphatic heterocycles. The molecule has 1 N–H and O–H groups in total. The molecule has 6 nitrogen and oxygen atoms in total. The molecular formula is C25H34FN5O. The number of piperidine rings is 1. The maximum atomic E-state index is 13.6. The molecule has 0 radical (unpaired) electrons. The Kier molecular flexibility index (Phi) is 7.37. The number of rotatable bonds is 6. The smallest absolute Gasteiger partial charge is 0.241 e. The van der Waals surface area contributed by atoms with Crippen LogP contribution in [0, 0.1) is 18.7 Å². The summed E-state index contributed by atoms with van der Waals surface area (Å²) < 4.78 is 13.6. The molecule has 172 valence electrons. The molecular weight excluding hydrogens is 405 g/mol. The van der Waals surface area contributed by atoms with Gasteiger partial charge in [0.2, 0.25) is 5.91 Å². The molecule has 7 heteroatoms. The second kappa shape index (κ2) is 10.4. The summed E-state index contributed by atoms with van der Waals surface area (Å²) in [5.41, 5.74) is 1.43. The second-order valence-corrected chi connectivity index (χ2v) is 9.10. The fourth-order valence-electron chi connectivity index (χ4n) is 4.80. The van der Waals surface area contributed by atoms with Gasteiger partial charge in [-0.15, -0.1) is 0 Å². The first-order valence-electron chi connectivity index (χ1n) is 11.7. The lowest BCUT2D eigenvalue weighted by molar-refractivity contribution is -0.121. The van der Waals surface area contributed by atoms with Crippen molar-refractivity contribution >= 4 is 17.4 Å². The van der Waals surface area contributed by atoms with Crippen molar-refractivity contribution in [3.63, 3.8) is 0 Å². The highest BCUT2D eigenvalue weighted by Gasteiger charge is 2.29. The monoisotopic (exact) mass is 439 g/mol. The number of anilines is 2. The number of carbonyl (C=O) groups excluding carboxylic acids is 1. The van der Waals surface area contributed by atoms with E-state index in [0.717, 1.165) is 63.6 Å². The fraction of sp³-hybridized carbons (Fsp3) is 0.520. The Balaban J connectivity index is 1.27. The van der Waals surface area contributed by atoms with Crippen LogP contribution in [0.25, 0.3) is 0 Å². The van der Waals surface area contributed by atoms with Gasteiger partial charge in [-0.25, -0.2) is 9.37 Å². The van der Waals surface area contributed by atoms with E-state index in [1.165, 1.54) is 18.6 Å². The van der Waals surface area contributed by atoms with Crippen LogP contribution < -0.4 is 10.2 Å². The predicted octanol–water partition coefficient (Wildman–Crippen LogP) is 3.39. The number of nitrogens with one attached hydrogen (secondary N) is 1. The Labute approximate surface area is 190 Å². The molecule has 1 amide bonds. The van der Waals surface area contributed by atoms with E-state index in [1.54, 1.807) is 6.07 Å². The molecule has 32 heavy (non-hydrogen) atoms. The largest absolute Gasteiger partial charge is 0.354 e. The first-order valence-corrected chi connectivity index (χ1v) is 11.7. The Morgan fingerprint density at radius 2 is 2.00 bits per heavy atom. The van der Waals surface area contributed by atoms with E-state index in [4.69, 9.17) is 0 Å². The predicted molar refractivity (Wildman–Crippen MR) is 126 cm³/mol. The van der Waals surface area contributed by atoms with E-state index >= 15 is 0 Å². The van der Waals surface area contributed by atoms with Gasteiger partial charge in [-0.2, -0.15) is 0 Å².